The number of phenols is 1. The number of imide groups is 2. The second-order valence-corrected chi connectivity index (χ2v) is 13.1. The molecule has 2 aliphatic heterocycles. The van der Waals surface area contributed by atoms with Gasteiger partial charge in [0.2, 0.25) is 11.8 Å². The summed E-state index contributed by atoms with van der Waals surface area (Å²) in [5, 5.41) is 11.9. The quantitative estimate of drug-likeness (QED) is 0.251. The van der Waals surface area contributed by atoms with Crippen LogP contribution in [0, 0.1) is 29.5 Å². The van der Waals surface area contributed by atoms with E-state index in [0.29, 0.717) is 47.0 Å². The highest BCUT2D eigenvalue weighted by Gasteiger charge is 2.70. The lowest BCUT2D eigenvalue weighted by atomic mass is 9.49. The third kappa shape index (κ3) is 4.56. The minimum Gasteiger partial charge on any atom is -0.508 e. The van der Waals surface area contributed by atoms with Crippen LogP contribution in [0.25, 0.3) is 0 Å². The number of rotatable bonds is 7. The zero-order valence-electron chi connectivity index (χ0n) is 25.8. The second-order valence-electron chi connectivity index (χ2n) is 12.6. The zero-order chi connectivity index (χ0) is 33.2. The molecule has 4 aliphatic rings. The third-order valence-electron chi connectivity index (χ3n) is 10.3. The maximum absolute atomic E-state index is 15.1. The van der Waals surface area contributed by atoms with E-state index in [2.05, 4.69) is 5.43 Å². The van der Waals surface area contributed by atoms with E-state index >= 15 is 4.79 Å². The molecule has 0 bridgehead atoms. The molecule has 2 aliphatic carbocycles. The van der Waals surface area contributed by atoms with E-state index in [1.165, 1.54) is 48.4 Å². The molecular weight excluding hydrogens is 625 g/mol. The van der Waals surface area contributed by atoms with Crippen molar-refractivity contribution < 1.29 is 33.4 Å². The number of likely N-dealkylation sites (tertiary alicyclic amines) is 1. The lowest BCUT2D eigenvalue weighted by Gasteiger charge is -2.50. The van der Waals surface area contributed by atoms with Gasteiger partial charge in [0, 0.05) is 29.1 Å². The van der Waals surface area contributed by atoms with Gasteiger partial charge in [0.15, 0.2) is 0 Å². The molecule has 0 unspecified atom stereocenters. The molecule has 6 atom stereocenters. The number of anilines is 1. The number of hydrogen-bond acceptors (Lipinski definition) is 7. The van der Waals surface area contributed by atoms with E-state index in [-0.39, 0.29) is 24.0 Å². The number of allylic oxidation sites excluding steroid dienone is 2. The van der Waals surface area contributed by atoms with Crippen molar-refractivity contribution in [3.05, 3.63) is 100 Å². The smallest absolute Gasteiger partial charge is 0.260 e. The van der Waals surface area contributed by atoms with Crippen molar-refractivity contribution in [2.45, 2.75) is 37.5 Å². The van der Waals surface area contributed by atoms with Gasteiger partial charge in [0.1, 0.15) is 17.3 Å². The number of phenolic OH excluding ortho intramolecular Hbond substituents is 1. The number of methoxy groups -OCH3 is 1. The molecule has 3 aromatic carbocycles. The number of halogens is 2. The molecule has 7 rings (SSSR count). The van der Waals surface area contributed by atoms with E-state index in [4.69, 9.17) is 16.3 Å². The van der Waals surface area contributed by atoms with E-state index in [0.717, 1.165) is 10.6 Å². The van der Waals surface area contributed by atoms with Crippen LogP contribution in [0.15, 0.2) is 78.4 Å². The third-order valence-corrected chi connectivity index (χ3v) is 10.6. The Morgan fingerprint density at radius 2 is 1.70 bits per heavy atom. The highest BCUT2D eigenvalue weighted by Crippen LogP contribution is 2.65. The monoisotopic (exact) mass is 657 g/mol. The van der Waals surface area contributed by atoms with Gasteiger partial charge >= 0.3 is 0 Å². The molecule has 0 radical (unpaired) electrons. The molecule has 3 aromatic rings. The van der Waals surface area contributed by atoms with Crippen LogP contribution < -0.4 is 10.2 Å². The van der Waals surface area contributed by atoms with Crippen LogP contribution in [0.4, 0.5) is 10.1 Å². The van der Waals surface area contributed by atoms with Crippen LogP contribution in [0.1, 0.15) is 43.2 Å². The molecule has 242 valence electrons. The summed E-state index contributed by atoms with van der Waals surface area (Å²) in [6, 6.07) is 16.8. The number of ether oxygens (including phenoxy) is 1. The first-order valence-corrected chi connectivity index (χ1v) is 16.1. The summed E-state index contributed by atoms with van der Waals surface area (Å²) >= 11 is 6.33. The molecule has 1 saturated carbocycles. The van der Waals surface area contributed by atoms with Crippen LogP contribution in [0.3, 0.4) is 0 Å². The van der Waals surface area contributed by atoms with E-state index in [1.54, 1.807) is 30.3 Å². The fourth-order valence-electron chi connectivity index (χ4n) is 8.45. The van der Waals surface area contributed by atoms with Crippen molar-refractivity contribution in [1.29, 1.82) is 0 Å². The minimum atomic E-state index is -1.54. The largest absolute Gasteiger partial charge is 0.508 e. The summed E-state index contributed by atoms with van der Waals surface area (Å²) in [5.74, 6) is -5.32. The Balaban J connectivity index is 1.47. The number of nitrogens with zero attached hydrogens (tertiary/aromatic N) is 2. The van der Waals surface area contributed by atoms with Crippen molar-refractivity contribution in [3.63, 3.8) is 0 Å². The van der Waals surface area contributed by atoms with Gasteiger partial charge < -0.3 is 9.84 Å². The Morgan fingerprint density at radius 3 is 2.38 bits per heavy atom. The normalized spacial score (nSPS) is 28.2. The number of carbonyl (C=O) groups excluding carboxylic acids is 4. The standard InChI is InChI=1S/C36H33ClFN3O6/c1-3-16-40-32(43)26-15-14-24-27(30(26)34(40)45)18-28-33(44)41(39-22-10-8-21(38)9-11-22)35(46)36(28,19-4-6-20(37)7-5-19)31(24)25-13-12-23(42)17-29(25)47-2/h4-14,17,26-28,30-31,39,42H,3,15-16,18H2,1-2H3/t26-,27+,28-,30-,31+,36+/m0/s1. The molecule has 47 heavy (non-hydrogen) atoms. The summed E-state index contributed by atoms with van der Waals surface area (Å²) in [6.45, 7) is 2.22. The van der Waals surface area contributed by atoms with Crippen LogP contribution >= 0.6 is 11.6 Å². The van der Waals surface area contributed by atoms with Gasteiger partial charge in [0.05, 0.1) is 36.0 Å². The van der Waals surface area contributed by atoms with Crippen molar-refractivity contribution in [2.24, 2.45) is 23.7 Å². The van der Waals surface area contributed by atoms with Crippen LogP contribution in [-0.4, -0.2) is 52.3 Å². The molecule has 0 aromatic heterocycles. The first kappa shape index (κ1) is 30.9. The van der Waals surface area contributed by atoms with Crippen molar-refractivity contribution in [3.8, 4) is 11.5 Å². The number of carbonyl (C=O) groups is 4. The number of hydrazine groups is 1. The van der Waals surface area contributed by atoms with Gasteiger partial charge in [-0.15, -0.1) is 0 Å². The molecule has 4 amide bonds. The maximum Gasteiger partial charge on any atom is 0.260 e. The van der Waals surface area contributed by atoms with Gasteiger partial charge in [0.25, 0.3) is 11.8 Å². The summed E-state index contributed by atoms with van der Waals surface area (Å²) < 4.78 is 19.6. The van der Waals surface area contributed by atoms with Crippen molar-refractivity contribution in [2.75, 3.05) is 19.1 Å². The summed E-state index contributed by atoms with van der Waals surface area (Å²) in [5.41, 5.74) is 3.58. The topological polar surface area (TPSA) is 116 Å². The lowest BCUT2D eigenvalue weighted by molar-refractivity contribution is -0.141. The fraction of sp³-hybridized carbons (Fsp3) is 0.333. The van der Waals surface area contributed by atoms with Crippen LogP contribution in [0.5, 0.6) is 11.5 Å². The predicted octanol–water partition coefficient (Wildman–Crippen LogP) is 5.59. The molecule has 3 fully saturated rings. The molecular formula is C36H33ClFN3O6. The fourth-order valence-corrected chi connectivity index (χ4v) is 8.57. The second kappa shape index (κ2) is 11.5. The molecule has 2 saturated heterocycles. The average Bonchev–Trinajstić information content (AvgIpc) is 3.43. The van der Waals surface area contributed by atoms with E-state index in [9.17, 15) is 23.9 Å². The van der Waals surface area contributed by atoms with Gasteiger partial charge in [-0.2, -0.15) is 5.01 Å². The minimum absolute atomic E-state index is 0.0482. The molecule has 11 heteroatoms. The SMILES string of the molecule is CCCN1C(=O)[C@H]2[C@H](CC=C3[C@H]2C[C@H]2C(=O)N(Nc4ccc(F)cc4)C(=O)[C@@]2(c2ccc(Cl)cc2)[C@H]3c2ccc(O)cc2OC)C1=O. The van der Waals surface area contributed by atoms with Crippen LogP contribution in [0.2, 0.25) is 5.02 Å². The summed E-state index contributed by atoms with van der Waals surface area (Å²) in [4.78, 5) is 58.5. The highest BCUT2D eigenvalue weighted by molar-refractivity contribution is 6.30. The molecule has 2 heterocycles. The Hall–Kier alpha value is -4.70. The Morgan fingerprint density at radius 1 is 0.979 bits per heavy atom. The first-order valence-electron chi connectivity index (χ1n) is 15.7. The predicted molar refractivity (Wildman–Crippen MR) is 171 cm³/mol. The molecule has 0 spiro atoms. The van der Waals surface area contributed by atoms with Crippen molar-refractivity contribution in [1.82, 2.24) is 9.91 Å². The Kier molecular flexibility index (Phi) is 7.58. The van der Waals surface area contributed by atoms with Gasteiger partial charge in [-0.05, 0) is 73.2 Å². The number of aromatic hydroxyl groups is 1. The summed E-state index contributed by atoms with van der Waals surface area (Å²) in [7, 11) is 1.46. The zero-order valence-corrected chi connectivity index (χ0v) is 26.5. The maximum atomic E-state index is 15.1. The first-order chi connectivity index (χ1) is 22.6. The van der Waals surface area contributed by atoms with Gasteiger partial charge in [-0.3, -0.25) is 29.5 Å². The van der Waals surface area contributed by atoms with Crippen molar-refractivity contribution >= 4 is 40.9 Å². The number of hydrogen-bond donors (Lipinski definition) is 2. The van der Waals surface area contributed by atoms with E-state index < -0.39 is 52.6 Å². The van der Waals surface area contributed by atoms with Crippen LogP contribution in [-0.2, 0) is 24.6 Å². The lowest BCUT2D eigenvalue weighted by Crippen LogP contribution is -2.53. The molecule has 9 nitrogen and oxygen atoms in total. The van der Waals surface area contributed by atoms with Gasteiger partial charge in [-0.25, -0.2) is 4.39 Å². The highest BCUT2D eigenvalue weighted by atomic mass is 35.5. The summed E-state index contributed by atoms with van der Waals surface area (Å²) in [6.07, 6.45) is 3.02. The van der Waals surface area contributed by atoms with E-state index in [1.807, 2.05) is 13.0 Å². The number of fused-ring (bicyclic) bond motifs is 4. The Bertz CT molecular complexity index is 1830. The molecule has 2 N–H and O–H groups in total. The number of benzene rings is 3. The number of amides is 4. The Labute approximate surface area is 275 Å². The van der Waals surface area contributed by atoms with Gasteiger partial charge in [-0.1, -0.05) is 48.4 Å². The number of nitrogens with one attached hydrogen (secondary N) is 1. The average molecular weight is 658 g/mol.